The molecule has 1 aliphatic carbocycles. The van der Waals surface area contributed by atoms with Crippen molar-refractivity contribution in [2.24, 2.45) is 16.8 Å². The van der Waals surface area contributed by atoms with Crippen LogP contribution in [0.3, 0.4) is 0 Å². The molecule has 1 atom stereocenters. The van der Waals surface area contributed by atoms with E-state index in [0.29, 0.717) is 19.1 Å². The molecule has 7 nitrogen and oxygen atoms in total. The second-order valence-electron chi connectivity index (χ2n) is 6.94. The van der Waals surface area contributed by atoms with Crippen molar-refractivity contribution in [1.29, 1.82) is 0 Å². The van der Waals surface area contributed by atoms with E-state index in [4.69, 9.17) is 9.47 Å². The van der Waals surface area contributed by atoms with E-state index in [1.165, 1.54) is 12.8 Å². The van der Waals surface area contributed by atoms with Crippen LogP contribution in [0, 0.1) is 11.8 Å². The van der Waals surface area contributed by atoms with E-state index >= 15 is 0 Å². The van der Waals surface area contributed by atoms with Crippen LogP contribution in [-0.2, 0) is 9.47 Å². The fourth-order valence-corrected chi connectivity index (χ4v) is 2.46. The molecule has 0 heterocycles. The van der Waals surface area contributed by atoms with Gasteiger partial charge in [0.2, 0.25) is 0 Å². The van der Waals surface area contributed by atoms with Gasteiger partial charge < -0.3 is 25.4 Å². The number of aliphatic imine (C=N–C) groups is 1. The highest BCUT2D eigenvalue weighted by atomic mass is 127. The summed E-state index contributed by atoms with van der Waals surface area (Å²) in [4.78, 5) is 15.9. The van der Waals surface area contributed by atoms with Crippen LogP contribution in [0.1, 0.15) is 46.5 Å². The fourth-order valence-electron chi connectivity index (χ4n) is 2.46. The maximum Gasteiger partial charge on any atom is 0.407 e. The molecule has 0 aromatic carbocycles. The minimum Gasteiger partial charge on any atom is -0.450 e. The largest absolute Gasteiger partial charge is 0.450 e. The van der Waals surface area contributed by atoms with Crippen molar-refractivity contribution in [2.45, 2.75) is 52.5 Å². The predicted octanol–water partition coefficient (Wildman–Crippen LogP) is 2.75. The molecule has 0 spiro atoms. The van der Waals surface area contributed by atoms with E-state index in [-0.39, 0.29) is 36.1 Å². The van der Waals surface area contributed by atoms with Gasteiger partial charge in [-0.2, -0.15) is 0 Å². The van der Waals surface area contributed by atoms with Gasteiger partial charge in [-0.1, -0.05) is 13.8 Å². The number of alkyl carbamates (subject to hydrolysis) is 1. The molecule has 1 fully saturated rings. The van der Waals surface area contributed by atoms with Crippen LogP contribution in [0.25, 0.3) is 0 Å². The van der Waals surface area contributed by atoms with Gasteiger partial charge in [0.05, 0.1) is 6.61 Å². The number of halogens is 1. The number of hydrogen-bond donors (Lipinski definition) is 3. The lowest BCUT2D eigenvalue weighted by Crippen LogP contribution is -2.47. The molecule has 0 aromatic rings. The van der Waals surface area contributed by atoms with E-state index in [9.17, 15) is 4.79 Å². The summed E-state index contributed by atoms with van der Waals surface area (Å²) in [6, 6.07) is -0.000486. The molecule has 1 aliphatic rings. The SMILES string of the molecule is CCOC(=O)NC(CNC(=NC)NCCCOCC1CC1)CC(C)C.I. The monoisotopic (exact) mass is 484 g/mol. The van der Waals surface area contributed by atoms with Crippen molar-refractivity contribution in [3.63, 3.8) is 0 Å². The molecule has 1 saturated carbocycles. The molecule has 3 N–H and O–H groups in total. The lowest BCUT2D eigenvalue weighted by molar-refractivity contribution is 0.123. The molecule has 1 amide bonds. The van der Waals surface area contributed by atoms with Crippen molar-refractivity contribution in [2.75, 3.05) is 40.0 Å². The topological polar surface area (TPSA) is 84.0 Å². The highest BCUT2D eigenvalue weighted by Gasteiger charge is 2.20. The number of nitrogens with zero attached hydrogens (tertiary/aromatic N) is 1. The van der Waals surface area contributed by atoms with E-state index in [0.717, 1.165) is 44.5 Å². The quantitative estimate of drug-likeness (QED) is 0.172. The molecule has 0 saturated heterocycles. The lowest BCUT2D eigenvalue weighted by Gasteiger charge is -2.22. The molecule has 0 bridgehead atoms. The van der Waals surface area contributed by atoms with Gasteiger partial charge in [-0.05, 0) is 44.4 Å². The van der Waals surface area contributed by atoms with Crippen molar-refractivity contribution in [3.8, 4) is 0 Å². The van der Waals surface area contributed by atoms with Crippen LogP contribution in [0.4, 0.5) is 4.79 Å². The van der Waals surface area contributed by atoms with Gasteiger partial charge >= 0.3 is 6.09 Å². The molecule has 0 aromatic heterocycles. The third kappa shape index (κ3) is 13.4. The first-order valence-electron chi connectivity index (χ1n) is 9.50. The summed E-state index contributed by atoms with van der Waals surface area (Å²) in [5, 5.41) is 9.45. The van der Waals surface area contributed by atoms with Gasteiger partial charge in [0, 0.05) is 39.4 Å². The second kappa shape index (κ2) is 15.3. The Morgan fingerprint density at radius 1 is 1.27 bits per heavy atom. The number of carbonyl (C=O) groups excluding carboxylic acids is 1. The zero-order valence-corrected chi connectivity index (χ0v) is 19.0. The third-order valence-electron chi connectivity index (χ3n) is 3.90. The maximum absolute atomic E-state index is 11.7. The zero-order chi connectivity index (χ0) is 18.5. The van der Waals surface area contributed by atoms with E-state index in [2.05, 4.69) is 34.8 Å². The Balaban J connectivity index is 0.00000625. The summed E-state index contributed by atoms with van der Waals surface area (Å²) in [5.74, 6) is 2.03. The number of guanidine groups is 1. The Morgan fingerprint density at radius 2 is 2.00 bits per heavy atom. The minimum atomic E-state index is -0.370. The van der Waals surface area contributed by atoms with Crippen LogP contribution in [0.2, 0.25) is 0 Å². The van der Waals surface area contributed by atoms with Crippen molar-refractivity contribution in [3.05, 3.63) is 0 Å². The lowest BCUT2D eigenvalue weighted by atomic mass is 10.0. The van der Waals surface area contributed by atoms with Crippen molar-refractivity contribution in [1.82, 2.24) is 16.0 Å². The minimum absolute atomic E-state index is 0. The fraction of sp³-hybridized carbons (Fsp3) is 0.889. The molecule has 26 heavy (non-hydrogen) atoms. The number of ether oxygens (including phenoxy) is 2. The molecular weight excluding hydrogens is 447 g/mol. The first-order chi connectivity index (χ1) is 12.0. The standard InChI is InChI=1S/C18H36N4O3.HI/c1-5-25-18(23)22-16(11-14(2)3)12-21-17(19-4)20-9-6-10-24-13-15-7-8-15;/h14-16H,5-13H2,1-4H3,(H,22,23)(H2,19,20,21);1H. The van der Waals surface area contributed by atoms with Gasteiger partial charge in [-0.25, -0.2) is 4.79 Å². The third-order valence-corrected chi connectivity index (χ3v) is 3.90. The maximum atomic E-state index is 11.7. The summed E-state index contributed by atoms with van der Waals surface area (Å²) in [7, 11) is 1.75. The normalized spacial score (nSPS) is 15.2. The van der Waals surface area contributed by atoms with Gasteiger partial charge in [0.1, 0.15) is 0 Å². The van der Waals surface area contributed by atoms with Crippen molar-refractivity contribution >= 4 is 36.0 Å². The van der Waals surface area contributed by atoms with E-state index in [1.807, 2.05) is 0 Å². The number of carbonyl (C=O) groups is 1. The molecule has 8 heteroatoms. The van der Waals surface area contributed by atoms with Crippen LogP contribution < -0.4 is 16.0 Å². The highest BCUT2D eigenvalue weighted by Crippen LogP contribution is 2.28. The first-order valence-corrected chi connectivity index (χ1v) is 9.50. The molecule has 0 aliphatic heterocycles. The number of hydrogen-bond acceptors (Lipinski definition) is 4. The first kappa shape index (κ1) is 25.2. The summed E-state index contributed by atoms with van der Waals surface area (Å²) in [6.07, 6.45) is 4.10. The Bertz CT molecular complexity index is 404. The molecule has 0 radical (unpaired) electrons. The molecule has 1 rings (SSSR count). The van der Waals surface area contributed by atoms with Crippen molar-refractivity contribution < 1.29 is 14.3 Å². The van der Waals surface area contributed by atoms with Gasteiger partial charge in [0.25, 0.3) is 0 Å². The second-order valence-corrected chi connectivity index (χ2v) is 6.94. The molecular formula is C18H37IN4O3. The van der Waals surface area contributed by atoms with Gasteiger partial charge in [-0.3, -0.25) is 4.99 Å². The highest BCUT2D eigenvalue weighted by molar-refractivity contribution is 14.0. The van der Waals surface area contributed by atoms with Crippen LogP contribution in [0.15, 0.2) is 4.99 Å². The van der Waals surface area contributed by atoms with Gasteiger partial charge in [0.15, 0.2) is 5.96 Å². The summed E-state index contributed by atoms with van der Waals surface area (Å²) >= 11 is 0. The van der Waals surface area contributed by atoms with Gasteiger partial charge in [-0.15, -0.1) is 24.0 Å². The van der Waals surface area contributed by atoms with E-state index in [1.54, 1.807) is 14.0 Å². The predicted molar refractivity (Wildman–Crippen MR) is 116 cm³/mol. The van der Waals surface area contributed by atoms with Crippen LogP contribution in [0.5, 0.6) is 0 Å². The smallest absolute Gasteiger partial charge is 0.407 e. The van der Waals surface area contributed by atoms with E-state index < -0.39 is 0 Å². The molecule has 154 valence electrons. The summed E-state index contributed by atoms with van der Waals surface area (Å²) in [5.41, 5.74) is 0. The van der Waals surface area contributed by atoms with Crippen LogP contribution >= 0.6 is 24.0 Å². The Labute approximate surface area is 175 Å². The number of amides is 1. The Morgan fingerprint density at radius 3 is 2.58 bits per heavy atom. The summed E-state index contributed by atoms with van der Waals surface area (Å²) < 4.78 is 10.6. The number of nitrogens with one attached hydrogen (secondary N) is 3. The summed E-state index contributed by atoms with van der Waals surface area (Å²) in [6.45, 7) is 9.54. The Kier molecular flexibility index (Phi) is 14.9. The zero-order valence-electron chi connectivity index (χ0n) is 16.7. The number of rotatable bonds is 12. The van der Waals surface area contributed by atoms with Crippen LogP contribution in [-0.4, -0.2) is 58.1 Å². The molecule has 1 unspecified atom stereocenters. The average Bonchev–Trinajstić information content (AvgIpc) is 3.37. The Hall–Kier alpha value is -0.770. The average molecular weight is 484 g/mol.